The Balaban J connectivity index is 1.82. The Morgan fingerprint density at radius 2 is 2.10 bits per heavy atom. The van der Waals surface area contributed by atoms with Crippen molar-refractivity contribution in [3.63, 3.8) is 0 Å². The van der Waals surface area contributed by atoms with Gasteiger partial charge in [-0.15, -0.1) is 22.7 Å². The summed E-state index contributed by atoms with van der Waals surface area (Å²) < 4.78 is 0. The van der Waals surface area contributed by atoms with E-state index in [9.17, 15) is 0 Å². The molecule has 0 saturated carbocycles. The largest absolute Gasteiger partial charge is 0.357 e. The van der Waals surface area contributed by atoms with Gasteiger partial charge in [-0.3, -0.25) is 0 Å². The molecule has 0 spiro atoms. The summed E-state index contributed by atoms with van der Waals surface area (Å²) in [6, 6.07) is 8.56. The van der Waals surface area contributed by atoms with Crippen molar-refractivity contribution in [3.05, 3.63) is 44.3 Å². The van der Waals surface area contributed by atoms with Crippen LogP contribution < -0.4 is 10.6 Å². The Bertz CT molecular complexity index is 529. The number of hydrogen-bond acceptors (Lipinski definition) is 3. The van der Waals surface area contributed by atoms with Gasteiger partial charge in [0.25, 0.3) is 0 Å². The van der Waals surface area contributed by atoms with E-state index in [1.54, 1.807) is 11.3 Å². The third-order valence-corrected chi connectivity index (χ3v) is 4.70. The third kappa shape index (κ3) is 4.98. The minimum Gasteiger partial charge on any atom is -0.357 e. The number of aryl methyl sites for hydroxylation is 1. The van der Waals surface area contributed by atoms with Crippen LogP contribution in [0, 0.1) is 6.92 Å². The van der Waals surface area contributed by atoms with Crippen molar-refractivity contribution in [1.82, 2.24) is 10.6 Å². The lowest BCUT2D eigenvalue weighted by molar-refractivity contribution is 0.806. The van der Waals surface area contributed by atoms with Crippen LogP contribution in [-0.4, -0.2) is 19.0 Å². The van der Waals surface area contributed by atoms with Crippen LogP contribution >= 0.6 is 22.7 Å². The van der Waals surface area contributed by atoms with Crippen LogP contribution in [-0.2, 0) is 13.0 Å². The van der Waals surface area contributed by atoms with Crippen molar-refractivity contribution in [1.29, 1.82) is 0 Å². The van der Waals surface area contributed by atoms with Gasteiger partial charge in [-0.05, 0) is 43.8 Å². The molecule has 2 aromatic rings. The average molecular weight is 307 g/mol. The van der Waals surface area contributed by atoms with E-state index < -0.39 is 0 Å². The third-order valence-electron chi connectivity index (χ3n) is 2.78. The molecule has 0 aliphatic carbocycles. The molecule has 2 rings (SSSR count). The standard InChI is InChI=1S/C15H21N3S2/c1-3-16-15(17-9-8-13-5-4-10-19-13)18-11-14-7-6-12(2)20-14/h4-7,10H,3,8-9,11H2,1-2H3,(H2,16,17,18). The summed E-state index contributed by atoms with van der Waals surface area (Å²) in [7, 11) is 0. The summed E-state index contributed by atoms with van der Waals surface area (Å²) in [6.07, 6.45) is 1.04. The number of hydrogen-bond donors (Lipinski definition) is 2. The van der Waals surface area contributed by atoms with Gasteiger partial charge in [0.1, 0.15) is 0 Å². The second-order valence-corrected chi connectivity index (χ2v) is 6.87. The van der Waals surface area contributed by atoms with E-state index in [4.69, 9.17) is 0 Å². The van der Waals surface area contributed by atoms with E-state index in [1.807, 2.05) is 11.3 Å². The van der Waals surface area contributed by atoms with Gasteiger partial charge >= 0.3 is 0 Å². The molecule has 0 aliphatic heterocycles. The molecule has 0 unspecified atom stereocenters. The second kappa shape index (κ2) is 8.07. The Hall–Kier alpha value is -1.33. The van der Waals surface area contributed by atoms with Gasteiger partial charge in [-0.1, -0.05) is 6.07 Å². The number of nitrogens with one attached hydrogen (secondary N) is 2. The predicted octanol–water partition coefficient (Wildman–Crippen LogP) is 3.42. The molecule has 20 heavy (non-hydrogen) atoms. The lowest BCUT2D eigenvalue weighted by Crippen LogP contribution is -2.38. The highest BCUT2D eigenvalue weighted by atomic mass is 32.1. The molecule has 2 aromatic heterocycles. The number of rotatable bonds is 6. The molecule has 0 amide bonds. The maximum Gasteiger partial charge on any atom is 0.191 e. The monoisotopic (exact) mass is 307 g/mol. The molecule has 108 valence electrons. The van der Waals surface area contributed by atoms with Crippen molar-refractivity contribution in [2.45, 2.75) is 26.8 Å². The fourth-order valence-corrected chi connectivity index (χ4v) is 3.35. The number of aliphatic imine (C=N–C) groups is 1. The summed E-state index contributed by atoms with van der Waals surface area (Å²) in [5.74, 6) is 0.898. The first-order valence-corrected chi connectivity index (χ1v) is 8.57. The molecule has 0 bridgehead atoms. The molecule has 0 radical (unpaired) electrons. The fourth-order valence-electron chi connectivity index (χ4n) is 1.83. The zero-order valence-corrected chi connectivity index (χ0v) is 13.6. The van der Waals surface area contributed by atoms with Crippen molar-refractivity contribution < 1.29 is 0 Å². The highest BCUT2D eigenvalue weighted by Gasteiger charge is 2.00. The van der Waals surface area contributed by atoms with Crippen LogP contribution in [0.2, 0.25) is 0 Å². The van der Waals surface area contributed by atoms with Gasteiger partial charge in [-0.25, -0.2) is 4.99 Å². The molecular formula is C15H21N3S2. The Kier molecular flexibility index (Phi) is 6.08. The molecular weight excluding hydrogens is 286 g/mol. The Labute approximate surface area is 128 Å². The SMILES string of the molecule is CCNC(=NCc1ccc(C)s1)NCCc1cccs1. The smallest absolute Gasteiger partial charge is 0.191 e. The van der Waals surface area contributed by atoms with Crippen LogP contribution in [0.5, 0.6) is 0 Å². The van der Waals surface area contributed by atoms with E-state index in [0.29, 0.717) is 0 Å². The number of thiophene rings is 2. The maximum absolute atomic E-state index is 4.62. The molecule has 2 N–H and O–H groups in total. The quantitative estimate of drug-likeness (QED) is 0.634. The maximum atomic E-state index is 4.62. The zero-order chi connectivity index (χ0) is 14.2. The van der Waals surface area contributed by atoms with Crippen molar-refractivity contribution in [3.8, 4) is 0 Å². The van der Waals surface area contributed by atoms with Gasteiger partial charge in [0, 0.05) is 27.7 Å². The van der Waals surface area contributed by atoms with Gasteiger partial charge in [0.15, 0.2) is 5.96 Å². The summed E-state index contributed by atoms with van der Waals surface area (Å²) in [5.41, 5.74) is 0. The lowest BCUT2D eigenvalue weighted by atomic mass is 10.3. The van der Waals surface area contributed by atoms with Crippen molar-refractivity contribution >= 4 is 28.6 Å². The molecule has 0 atom stereocenters. The molecule has 0 aliphatic rings. The first kappa shape index (κ1) is 15.1. The van der Waals surface area contributed by atoms with E-state index in [0.717, 1.165) is 32.0 Å². The van der Waals surface area contributed by atoms with E-state index in [-0.39, 0.29) is 0 Å². The first-order chi connectivity index (χ1) is 9.78. The molecule has 0 saturated heterocycles. The summed E-state index contributed by atoms with van der Waals surface area (Å²) in [6.45, 7) is 6.76. The normalized spacial score (nSPS) is 11.6. The highest BCUT2D eigenvalue weighted by Crippen LogP contribution is 2.15. The molecule has 2 heterocycles. The lowest BCUT2D eigenvalue weighted by Gasteiger charge is -2.10. The highest BCUT2D eigenvalue weighted by molar-refractivity contribution is 7.11. The van der Waals surface area contributed by atoms with Gasteiger partial charge < -0.3 is 10.6 Å². The summed E-state index contributed by atoms with van der Waals surface area (Å²) in [4.78, 5) is 8.67. The zero-order valence-electron chi connectivity index (χ0n) is 12.0. The van der Waals surface area contributed by atoms with Crippen LogP contribution in [0.25, 0.3) is 0 Å². The fraction of sp³-hybridized carbons (Fsp3) is 0.400. The Morgan fingerprint density at radius 3 is 2.75 bits per heavy atom. The second-order valence-electron chi connectivity index (χ2n) is 4.46. The molecule has 5 heteroatoms. The minimum absolute atomic E-state index is 0.743. The van der Waals surface area contributed by atoms with E-state index in [1.165, 1.54) is 14.6 Å². The summed E-state index contributed by atoms with van der Waals surface area (Å²) >= 11 is 3.61. The van der Waals surface area contributed by atoms with Gasteiger partial charge in [0.2, 0.25) is 0 Å². The predicted molar refractivity (Wildman–Crippen MR) is 89.9 cm³/mol. The minimum atomic E-state index is 0.743. The molecule has 3 nitrogen and oxygen atoms in total. The van der Waals surface area contributed by atoms with Crippen LogP contribution in [0.4, 0.5) is 0 Å². The van der Waals surface area contributed by atoms with Crippen LogP contribution in [0.15, 0.2) is 34.6 Å². The van der Waals surface area contributed by atoms with Crippen LogP contribution in [0.1, 0.15) is 21.6 Å². The van der Waals surface area contributed by atoms with E-state index >= 15 is 0 Å². The average Bonchev–Trinajstić information content (AvgIpc) is 3.07. The number of guanidine groups is 1. The van der Waals surface area contributed by atoms with Crippen molar-refractivity contribution in [2.24, 2.45) is 4.99 Å². The topological polar surface area (TPSA) is 36.4 Å². The molecule has 0 aromatic carbocycles. The molecule has 0 fully saturated rings. The Morgan fingerprint density at radius 1 is 1.20 bits per heavy atom. The van der Waals surface area contributed by atoms with Gasteiger partial charge in [0.05, 0.1) is 6.54 Å². The van der Waals surface area contributed by atoms with Crippen LogP contribution in [0.3, 0.4) is 0 Å². The first-order valence-electron chi connectivity index (χ1n) is 6.88. The van der Waals surface area contributed by atoms with Gasteiger partial charge in [-0.2, -0.15) is 0 Å². The number of nitrogens with zero attached hydrogens (tertiary/aromatic N) is 1. The van der Waals surface area contributed by atoms with Crippen molar-refractivity contribution in [2.75, 3.05) is 13.1 Å². The summed E-state index contributed by atoms with van der Waals surface area (Å²) in [5, 5.41) is 8.79. The van der Waals surface area contributed by atoms with E-state index in [2.05, 4.69) is 59.1 Å².